The molecular formula is C17H29ClSZn. The number of aryl methyl sites for hydroxylation is 1. The van der Waals surface area contributed by atoms with Crippen molar-refractivity contribution < 1.29 is 17.3 Å². The second kappa shape index (κ2) is 17.7. The van der Waals surface area contributed by atoms with Crippen LogP contribution in [0.1, 0.15) is 82.4 Å². The van der Waals surface area contributed by atoms with Crippen molar-refractivity contribution in [1.29, 1.82) is 0 Å². The van der Waals surface area contributed by atoms with Crippen LogP contribution in [0.3, 0.4) is 0 Å². The van der Waals surface area contributed by atoms with Crippen LogP contribution < -0.4 is 0 Å². The predicted octanol–water partition coefficient (Wildman–Crippen LogP) is 7.09. The number of thiophene rings is 1. The Morgan fingerprint density at radius 1 is 0.900 bits per heavy atom. The van der Waals surface area contributed by atoms with Gasteiger partial charge in [-0.3, -0.25) is 0 Å². The summed E-state index contributed by atoms with van der Waals surface area (Å²) in [6.07, 6.45) is 17.0. The number of hydrogen-bond donors (Lipinski definition) is 0. The molecule has 0 aliphatic carbocycles. The quantitative estimate of drug-likeness (QED) is 0.210. The van der Waals surface area contributed by atoms with Gasteiger partial charge in [-0.25, -0.2) is 6.07 Å². The van der Waals surface area contributed by atoms with Gasteiger partial charge in [0.25, 0.3) is 0 Å². The number of hydrogen-bond acceptors (Lipinski definition) is 1. The van der Waals surface area contributed by atoms with Crippen LogP contribution in [0.5, 0.6) is 0 Å². The Kier molecular flexibility index (Phi) is 18.2. The van der Waals surface area contributed by atoms with E-state index in [9.17, 15) is 0 Å². The summed E-state index contributed by atoms with van der Waals surface area (Å²) in [6, 6.07) is 4.25. The fourth-order valence-electron chi connectivity index (χ4n) is 2.37. The van der Waals surface area contributed by atoms with E-state index in [1.165, 1.54) is 81.9 Å². The second-order valence-corrected chi connectivity index (χ2v) is 6.27. The third-order valence-electron chi connectivity index (χ3n) is 3.55. The zero-order chi connectivity index (χ0) is 14.9. The molecule has 3 heteroatoms. The van der Waals surface area contributed by atoms with Crippen molar-refractivity contribution in [2.75, 3.05) is 0 Å². The van der Waals surface area contributed by atoms with Gasteiger partial charge in [-0.15, -0.1) is 10.3 Å². The van der Waals surface area contributed by atoms with Crippen LogP contribution in [0.15, 0.2) is 12.1 Å². The Bertz CT molecular complexity index is 262. The molecule has 1 heterocycles. The van der Waals surface area contributed by atoms with E-state index < -0.39 is 0 Å². The molecule has 1 aromatic rings. The first-order chi connectivity index (χ1) is 9.93. The van der Waals surface area contributed by atoms with Crippen molar-refractivity contribution in [3.63, 3.8) is 0 Å². The summed E-state index contributed by atoms with van der Waals surface area (Å²) in [4.78, 5) is 1.51. The third kappa shape index (κ3) is 13.6. The van der Waals surface area contributed by atoms with Gasteiger partial charge in [0.15, 0.2) is 0 Å². The molecule has 0 saturated carbocycles. The topological polar surface area (TPSA) is 0 Å². The van der Waals surface area contributed by atoms with E-state index in [2.05, 4.69) is 18.4 Å². The van der Waals surface area contributed by atoms with Crippen LogP contribution in [0.4, 0.5) is 0 Å². The SMILES string of the molecule is CCCCCCCCCCCCCc1cc[c-]s1.[Cl][Zn+]. The van der Waals surface area contributed by atoms with Gasteiger partial charge in [-0.2, -0.15) is 6.07 Å². The molecule has 0 aliphatic rings. The standard InChI is InChI=1S/C17H29S.ClH.Zn/c1-2-3-4-5-6-7-8-9-10-11-12-14-17-15-13-16-18-17;;/h13,15H,2-12,14H2,1H3;1H;/q-1;;+2/p-1. The molecule has 0 radical (unpaired) electrons. The molecule has 0 aromatic carbocycles. The molecule has 1 rings (SSSR count). The molecule has 0 saturated heterocycles. The van der Waals surface area contributed by atoms with E-state index in [0.29, 0.717) is 0 Å². The Balaban J connectivity index is 0.00000172. The van der Waals surface area contributed by atoms with Crippen molar-refractivity contribution >= 4 is 21.0 Å². The van der Waals surface area contributed by atoms with E-state index in [1.807, 2.05) is 6.07 Å². The molecule has 1 aromatic heterocycles. The molecule has 0 bridgehead atoms. The molecule has 0 N–H and O–H groups in total. The van der Waals surface area contributed by atoms with Crippen LogP contribution in [0.2, 0.25) is 0 Å². The van der Waals surface area contributed by atoms with E-state index in [1.54, 1.807) is 11.3 Å². The first-order valence-corrected chi connectivity index (χ1v) is 12.9. The van der Waals surface area contributed by atoms with Crippen LogP contribution >= 0.6 is 21.0 Å². The average Bonchev–Trinajstić information content (AvgIpc) is 3.00. The summed E-state index contributed by atoms with van der Waals surface area (Å²) in [5.41, 5.74) is 0. The van der Waals surface area contributed by atoms with Gasteiger partial charge in [0, 0.05) is 0 Å². The van der Waals surface area contributed by atoms with E-state index in [4.69, 9.17) is 9.69 Å². The average molecular weight is 366 g/mol. The summed E-state index contributed by atoms with van der Waals surface area (Å²) in [5.74, 6) is 0. The third-order valence-corrected chi connectivity index (χ3v) is 4.41. The molecule has 0 aliphatic heterocycles. The maximum atomic E-state index is 4.76. The maximum absolute atomic E-state index is 4.76. The van der Waals surface area contributed by atoms with Crippen molar-refractivity contribution in [3.05, 3.63) is 22.4 Å². The molecule has 0 spiro atoms. The van der Waals surface area contributed by atoms with Crippen LogP contribution in [-0.4, -0.2) is 0 Å². The zero-order valence-corrected chi connectivity index (χ0v) is 17.7. The molecule has 0 unspecified atom stereocenters. The Morgan fingerprint density at radius 2 is 1.40 bits per heavy atom. The summed E-state index contributed by atoms with van der Waals surface area (Å²) in [5, 5.41) is 3.16. The first-order valence-electron chi connectivity index (χ1n) is 8.15. The Morgan fingerprint density at radius 3 is 1.85 bits per heavy atom. The molecule has 112 valence electrons. The molecule has 0 nitrogen and oxygen atoms in total. The summed E-state index contributed by atoms with van der Waals surface area (Å²) in [6.45, 7) is 2.29. The van der Waals surface area contributed by atoms with E-state index in [-0.39, 0.29) is 0 Å². The van der Waals surface area contributed by atoms with Gasteiger partial charge in [-0.1, -0.05) is 84.0 Å². The number of rotatable bonds is 12. The van der Waals surface area contributed by atoms with Crippen molar-refractivity contribution in [3.8, 4) is 0 Å². The van der Waals surface area contributed by atoms with Gasteiger partial charge < -0.3 is 11.3 Å². The fraction of sp³-hybridized carbons (Fsp3) is 0.765. The minimum atomic E-state index is 0.847. The Hall–Kier alpha value is 0.613. The Labute approximate surface area is 144 Å². The van der Waals surface area contributed by atoms with E-state index >= 15 is 0 Å². The summed E-state index contributed by atoms with van der Waals surface area (Å²) in [7, 11) is 4.76. The number of halogens is 1. The molecular weight excluding hydrogens is 337 g/mol. The first kappa shape index (κ1) is 20.6. The zero-order valence-electron chi connectivity index (χ0n) is 13.1. The second-order valence-electron chi connectivity index (χ2n) is 5.31. The van der Waals surface area contributed by atoms with Crippen molar-refractivity contribution in [1.82, 2.24) is 0 Å². The van der Waals surface area contributed by atoms with Gasteiger partial charge in [0.05, 0.1) is 0 Å². The van der Waals surface area contributed by atoms with Crippen molar-refractivity contribution in [2.24, 2.45) is 0 Å². The molecule has 20 heavy (non-hydrogen) atoms. The summed E-state index contributed by atoms with van der Waals surface area (Å²) < 4.78 is 0. The predicted molar refractivity (Wildman–Crippen MR) is 89.2 cm³/mol. The van der Waals surface area contributed by atoms with Crippen LogP contribution in [-0.2, 0) is 23.7 Å². The molecule has 0 atom stereocenters. The number of unbranched alkanes of at least 4 members (excludes halogenated alkanes) is 10. The van der Waals surface area contributed by atoms with Crippen LogP contribution in [0, 0.1) is 5.38 Å². The van der Waals surface area contributed by atoms with Gasteiger partial charge >= 0.3 is 27.0 Å². The molecule has 0 amide bonds. The fourth-order valence-corrected chi connectivity index (χ4v) is 3.04. The van der Waals surface area contributed by atoms with Gasteiger partial charge in [0.2, 0.25) is 0 Å². The van der Waals surface area contributed by atoms with E-state index in [0.717, 1.165) is 17.3 Å². The summed E-state index contributed by atoms with van der Waals surface area (Å²) >= 11 is 2.63. The monoisotopic (exact) mass is 364 g/mol. The molecule has 0 fully saturated rings. The van der Waals surface area contributed by atoms with Gasteiger partial charge in [-0.05, 0) is 0 Å². The van der Waals surface area contributed by atoms with Gasteiger partial charge in [0.1, 0.15) is 0 Å². The normalized spacial score (nSPS) is 10.2. The van der Waals surface area contributed by atoms with Crippen LogP contribution in [0.25, 0.3) is 0 Å². The minimum absolute atomic E-state index is 0.847. The van der Waals surface area contributed by atoms with Crippen molar-refractivity contribution in [2.45, 2.75) is 84.0 Å².